The van der Waals surface area contributed by atoms with Gasteiger partial charge in [0.15, 0.2) is 0 Å². The van der Waals surface area contributed by atoms with Gasteiger partial charge in [-0.15, -0.1) is 0 Å². The van der Waals surface area contributed by atoms with E-state index < -0.39 is 4.92 Å². The summed E-state index contributed by atoms with van der Waals surface area (Å²) in [6.45, 7) is 4.95. The highest BCUT2D eigenvalue weighted by atomic mass is 16.6. The third kappa shape index (κ3) is 4.94. The molecule has 1 aliphatic carbocycles. The summed E-state index contributed by atoms with van der Waals surface area (Å²) >= 11 is 0. The Kier molecular flexibility index (Phi) is 6.08. The number of nitrogens with zero attached hydrogens (tertiary/aromatic N) is 2. The van der Waals surface area contributed by atoms with Crippen LogP contribution in [0.5, 0.6) is 0 Å². The van der Waals surface area contributed by atoms with Crippen molar-refractivity contribution in [1.82, 2.24) is 10.2 Å². The summed E-state index contributed by atoms with van der Waals surface area (Å²) in [5.41, 5.74) is 0.796. The third-order valence-corrected chi connectivity index (χ3v) is 5.24. The van der Waals surface area contributed by atoms with Crippen molar-refractivity contribution in [3.8, 4) is 0 Å². The van der Waals surface area contributed by atoms with Gasteiger partial charge >= 0.3 is 0 Å². The molecular formula is C19H28N4O3. The van der Waals surface area contributed by atoms with Crippen LogP contribution in [0.3, 0.4) is 0 Å². The second kappa shape index (κ2) is 8.49. The third-order valence-electron chi connectivity index (χ3n) is 5.24. The molecule has 0 spiro atoms. The smallest absolute Gasteiger partial charge is 0.293 e. The Balaban J connectivity index is 1.50. The molecule has 3 rings (SSSR count). The number of hydrogen-bond acceptors (Lipinski definition) is 5. The minimum Gasteiger partial charge on any atom is -0.377 e. The highest BCUT2D eigenvalue weighted by Gasteiger charge is 2.25. The molecule has 0 unspecified atom stereocenters. The van der Waals surface area contributed by atoms with Crippen molar-refractivity contribution in [2.45, 2.75) is 57.5 Å². The number of rotatable bonds is 8. The van der Waals surface area contributed by atoms with Crippen LogP contribution in [0.1, 0.15) is 55.8 Å². The van der Waals surface area contributed by atoms with Crippen molar-refractivity contribution in [1.29, 1.82) is 0 Å². The maximum Gasteiger partial charge on any atom is 0.293 e. The van der Waals surface area contributed by atoms with Gasteiger partial charge in [0.2, 0.25) is 0 Å². The number of carbonyl (C=O) groups is 1. The molecule has 1 amide bonds. The lowest BCUT2D eigenvalue weighted by atomic mass is 10.0. The van der Waals surface area contributed by atoms with Crippen LogP contribution >= 0.6 is 0 Å². The number of nitro groups is 1. The number of benzene rings is 1. The van der Waals surface area contributed by atoms with E-state index in [0.29, 0.717) is 29.9 Å². The fourth-order valence-corrected chi connectivity index (χ4v) is 3.47. The molecule has 0 radical (unpaired) electrons. The topological polar surface area (TPSA) is 87.5 Å². The van der Waals surface area contributed by atoms with Crippen molar-refractivity contribution in [2.75, 3.05) is 25.0 Å². The maximum atomic E-state index is 12.3. The van der Waals surface area contributed by atoms with E-state index in [1.165, 1.54) is 25.3 Å². The largest absolute Gasteiger partial charge is 0.377 e. The van der Waals surface area contributed by atoms with Gasteiger partial charge in [-0.05, 0) is 57.7 Å². The van der Waals surface area contributed by atoms with Crippen LogP contribution in [0.2, 0.25) is 0 Å². The first-order valence-corrected chi connectivity index (χ1v) is 9.62. The Labute approximate surface area is 154 Å². The Hall–Kier alpha value is -2.15. The highest BCUT2D eigenvalue weighted by molar-refractivity contribution is 5.95. The quantitative estimate of drug-likeness (QED) is 0.422. The highest BCUT2D eigenvalue weighted by Crippen LogP contribution is 2.31. The molecule has 2 fully saturated rings. The molecule has 1 saturated heterocycles. The summed E-state index contributed by atoms with van der Waals surface area (Å²) in [5.74, 6) is -0.252. The summed E-state index contributed by atoms with van der Waals surface area (Å²) in [7, 11) is 0. The Morgan fingerprint density at radius 3 is 2.81 bits per heavy atom. The van der Waals surface area contributed by atoms with Gasteiger partial charge < -0.3 is 15.5 Å². The number of amides is 1. The van der Waals surface area contributed by atoms with Crippen molar-refractivity contribution < 1.29 is 9.72 Å². The first kappa shape index (κ1) is 18.6. The minimum absolute atomic E-state index is 0.0355. The van der Waals surface area contributed by atoms with E-state index in [0.717, 1.165) is 32.4 Å². The predicted molar refractivity (Wildman–Crippen MR) is 102 cm³/mol. The molecule has 1 heterocycles. The number of nitro benzene ring substituents is 1. The lowest BCUT2D eigenvalue weighted by Crippen LogP contribution is -2.39. The van der Waals surface area contributed by atoms with Crippen LogP contribution in [-0.2, 0) is 0 Å². The molecule has 1 atom stereocenters. The van der Waals surface area contributed by atoms with Gasteiger partial charge in [-0.25, -0.2) is 0 Å². The van der Waals surface area contributed by atoms with E-state index in [1.54, 1.807) is 12.1 Å². The lowest BCUT2D eigenvalue weighted by molar-refractivity contribution is -0.384. The fraction of sp³-hybridized carbons (Fsp3) is 0.632. The molecule has 1 aliphatic heterocycles. The molecule has 7 nitrogen and oxygen atoms in total. The lowest BCUT2D eigenvalue weighted by Gasteiger charge is -2.33. The fourth-order valence-electron chi connectivity index (χ4n) is 3.47. The van der Waals surface area contributed by atoms with E-state index in [4.69, 9.17) is 0 Å². The van der Waals surface area contributed by atoms with Crippen LogP contribution in [-0.4, -0.2) is 47.4 Å². The van der Waals surface area contributed by atoms with E-state index in [2.05, 4.69) is 22.5 Å². The summed E-state index contributed by atoms with van der Waals surface area (Å²) in [5, 5.41) is 17.3. The van der Waals surface area contributed by atoms with Gasteiger partial charge in [-0.3, -0.25) is 14.9 Å². The number of hydrogen-bond donors (Lipinski definition) is 2. The van der Waals surface area contributed by atoms with Crippen LogP contribution in [0.4, 0.5) is 11.4 Å². The number of carbonyl (C=O) groups excluding carboxylic acids is 1. The minimum atomic E-state index is -0.431. The molecule has 2 N–H and O–H groups in total. The normalized spacial score (nSPS) is 20.6. The van der Waals surface area contributed by atoms with Crippen LogP contribution in [0, 0.1) is 10.1 Å². The van der Waals surface area contributed by atoms with Crippen molar-refractivity contribution in [2.24, 2.45) is 0 Å². The van der Waals surface area contributed by atoms with E-state index in [-0.39, 0.29) is 11.6 Å². The molecule has 1 aromatic rings. The van der Waals surface area contributed by atoms with Gasteiger partial charge in [0.1, 0.15) is 5.69 Å². The molecule has 7 heteroatoms. The van der Waals surface area contributed by atoms with Gasteiger partial charge in [0, 0.05) is 36.8 Å². The molecular weight excluding hydrogens is 332 g/mol. The summed E-state index contributed by atoms with van der Waals surface area (Å²) in [4.78, 5) is 25.6. The second-order valence-electron chi connectivity index (χ2n) is 7.40. The summed E-state index contributed by atoms with van der Waals surface area (Å²) in [6.07, 6.45) is 6.77. The van der Waals surface area contributed by atoms with Crippen molar-refractivity contribution in [3.63, 3.8) is 0 Å². The van der Waals surface area contributed by atoms with Gasteiger partial charge in [-0.2, -0.15) is 0 Å². The Bertz CT molecular complexity index is 660. The monoisotopic (exact) mass is 360 g/mol. The molecule has 2 aliphatic rings. The second-order valence-corrected chi connectivity index (χ2v) is 7.40. The zero-order valence-electron chi connectivity index (χ0n) is 15.4. The number of anilines is 1. The Morgan fingerprint density at radius 1 is 1.31 bits per heavy atom. The first-order chi connectivity index (χ1) is 12.5. The maximum absolute atomic E-state index is 12.3. The average Bonchev–Trinajstić information content (AvgIpc) is 3.44. The predicted octanol–water partition coefficient (Wildman–Crippen LogP) is 3.16. The van der Waals surface area contributed by atoms with Crippen LogP contribution < -0.4 is 10.6 Å². The van der Waals surface area contributed by atoms with Crippen molar-refractivity contribution >= 4 is 17.3 Å². The van der Waals surface area contributed by atoms with E-state index in [1.807, 2.05) is 0 Å². The molecule has 1 saturated carbocycles. The molecule has 142 valence electrons. The van der Waals surface area contributed by atoms with E-state index in [9.17, 15) is 14.9 Å². The molecule has 1 aromatic carbocycles. The zero-order valence-corrected chi connectivity index (χ0v) is 15.4. The number of piperidine rings is 1. The average molecular weight is 360 g/mol. The molecule has 26 heavy (non-hydrogen) atoms. The summed E-state index contributed by atoms with van der Waals surface area (Å²) < 4.78 is 0. The van der Waals surface area contributed by atoms with Gasteiger partial charge in [0.25, 0.3) is 11.6 Å². The number of nitrogens with one attached hydrogen (secondary N) is 2. The van der Waals surface area contributed by atoms with E-state index >= 15 is 0 Å². The molecule has 0 bridgehead atoms. The van der Waals surface area contributed by atoms with Crippen LogP contribution in [0.25, 0.3) is 0 Å². The van der Waals surface area contributed by atoms with Gasteiger partial charge in [-0.1, -0.05) is 6.42 Å². The summed E-state index contributed by atoms with van der Waals surface area (Å²) in [6, 6.07) is 5.60. The van der Waals surface area contributed by atoms with Crippen molar-refractivity contribution in [3.05, 3.63) is 33.9 Å². The van der Waals surface area contributed by atoms with Crippen LogP contribution in [0.15, 0.2) is 18.2 Å². The first-order valence-electron chi connectivity index (χ1n) is 9.62. The SMILES string of the molecule is C[C@@H]1CCCCN1CCCNC(=O)c1ccc(NC2CC2)c([N+](=O)[O-])c1. The number of likely N-dealkylation sites (tertiary alicyclic amines) is 1. The Morgan fingerprint density at radius 2 is 2.12 bits per heavy atom. The molecule has 0 aromatic heterocycles. The zero-order chi connectivity index (χ0) is 18.5. The van der Waals surface area contributed by atoms with Gasteiger partial charge in [0.05, 0.1) is 4.92 Å². The standard InChI is InChI=1S/C19H28N4O3/c1-14-5-2-3-11-22(14)12-4-10-20-19(24)15-6-9-17(21-16-7-8-16)18(13-15)23(25)26/h6,9,13-14,16,21H,2-5,7-8,10-12H2,1H3,(H,20,24)/t14-/m1/s1.